The number of benzene rings is 2. The molecule has 0 aromatic heterocycles. The van der Waals surface area contributed by atoms with Gasteiger partial charge in [-0.1, -0.05) is 35.3 Å². The number of ether oxygens (including phenoxy) is 2. The monoisotopic (exact) mass is 469 g/mol. The molecule has 1 atom stereocenters. The van der Waals surface area contributed by atoms with Gasteiger partial charge in [-0.15, -0.1) is 0 Å². The van der Waals surface area contributed by atoms with Gasteiger partial charge in [-0.05, 0) is 60.0 Å². The van der Waals surface area contributed by atoms with Gasteiger partial charge in [0, 0.05) is 47.0 Å². The Labute approximate surface area is 193 Å². The normalized spacial score (nSPS) is 16.6. The lowest BCUT2D eigenvalue weighted by atomic mass is 9.85. The first-order valence-corrected chi connectivity index (χ1v) is 11.7. The molecule has 2 aromatic carbocycles. The molecule has 0 bridgehead atoms. The minimum absolute atomic E-state index is 0.243. The van der Waals surface area contributed by atoms with Gasteiger partial charge in [0.15, 0.2) is 0 Å². The largest absolute Gasteiger partial charge is 0.378 e. The molecule has 0 fully saturated rings. The highest BCUT2D eigenvalue weighted by Gasteiger charge is 2.27. The van der Waals surface area contributed by atoms with Crippen LogP contribution in [0.1, 0.15) is 22.6 Å². The van der Waals surface area contributed by atoms with Crippen LogP contribution >= 0.6 is 35.1 Å². The highest BCUT2D eigenvalue weighted by molar-refractivity contribution is 7.97. The molecule has 3 rings (SSSR count). The van der Waals surface area contributed by atoms with Crippen LogP contribution < -0.4 is 10.5 Å². The van der Waals surface area contributed by atoms with Gasteiger partial charge in [0.2, 0.25) is 0 Å². The molecule has 0 spiro atoms. The summed E-state index contributed by atoms with van der Waals surface area (Å²) in [5.74, 6) is 0.243. The van der Waals surface area contributed by atoms with Crippen LogP contribution in [0.15, 0.2) is 41.3 Å². The number of rotatable bonds is 11. The van der Waals surface area contributed by atoms with E-state index in [4.69, 9.17) is 38.4 Å². The van der Waals surface area contributed by atoms with Gasteiger partial charge in [0.25, 0.3) is 0 Å². The maximum absolute atomic E-state index is 6.49. The lowest BCUT2D eigenvalue weighted by Gasteiger charge is -2.33. The SMILES string of the molecule is CN1Cc2c(Cl)cc(Cl)cc2C(c2cccc(SNCCOCCOCCN)c2)C1. The third kappa shape index (κ3) is 6.84. The topological polar surface area (TPSA) is 59.8 Å². The van der Waals surface area contributed by atoms with Gasteiger partial charge in [-0.2, -0.15) is 0 Å². The summed E-state index contributed by atoms with van der Waals surface area (Å²) in [6.07, 6.45) is 0. The van der Waals surface area contributed by atoms with E-state index >= 15 is 0 Å². The first-order valence-electron chi connectivity index (χ1n) is 10.1. The van der Waals surface area contributed by atoms with Gasteiger partial charge in [0.05, 0.1) is 26.4 Å². The van der Waals surface area contributed by atoms with E-state index in [9.17, 15) is 0 Å². The molecule has 2 aromatic rings. The van der Waals surface area contributed by atoms with Gasteiger partial charge in [-0.25, -0.2) is 0 Å². The molecule has 5 nitrogen and oxygen atoms in total. The average Bonchev–Trinajstić information content (AvgIpc) is 2.73. The van der Waals surface area contributed by atoms with Crippen LogP contribution in [0.4, 0.5) is 0 Å². The summed E-state index contributed by atoms with van der Waals surface area (Å²) >= 11 is 14.4. The Morgan fingerprint density at radius 1 is 1.13 bits per heavy atom. The van der Waals surface area contributed by atoms with Gasteiger partial charge in [0.1, 0.15) is 0 Å². The maximum atomic E-state index is 6.49. The van der Waals surface area contributed by atoms with Crippen LogP contribution in [0.2, 0.25) is 10.0 Å². The molecule has 0 radical (unpaired) electrons. The summed E-state index contributed by atoms with van der Waals surface area (Å²) < 4.78 is 14.2. The van der Waals surface area contributed by atoms with Gasteiger partial charge in [-0.3, -0.25) is 4.72 Å². The zero-order valence-corrected chi connectivity index (χ0v) is 19.5. The van der Waals surface area contributed by atoms with E-state index in [0.717, 1.165) is 24.7 Å². The highest BCUT2D eigenvalue weighted by atomic mass is 35.5. The minimum Gasteiger partial charge on any atom is -0.378 e. The highest BCUT2D eigenvalue weighted by Crippen LogP contribution is 2.39. The van der Waals surface area contributed by atoms with Crippen molar-refractivity contribution in [2.24, 2.45) is 5.73 Å². The summed E-state index contributed by atoms with van der Waals surface area (Å²) in [5, 5.41) is 1.43. The summed E-state index contributed by atoms with van der Waals surface area (Å²) in [4.78, 5) is 3.47. The molecule has 0 amide bonds. The molecule has 1 heterocycles. The number of nitrogens with two attached hydrogens (primary N) is 1. The number of halogens is 2. The summed E-state index contributed by atoms with van der Waals surface area (Å²) in [7, 11) is 2.13. The quantitative estimate of drug-likeness (QED) is 0.380. The third-order valence-electron chi connectivity index (χ3n) is 4.93. The van der Waals surface area contributed by atoms with E-state index in [2.05, 4.69) is 47.0 Å². The average molecular weight is 470 g/mol. The molecule has 3 N–H and O–H groups in total. The fourth-order valence-corrected chi connectivity index (χ4v) is 4.84. The van der Waals surface area contributed by atoms with Crippen LogP contribution in [0.25, 0.3) is 0 Å². The van der Waals surface area contributed by atoms with Crippen LogP contribution in [0.5, 0.6) is 0 Å². The van der Waals surface area contributed by atoms with Crippen molar-refractivity contribution in [2.45, 2.75) is 17.4 Å². The molecule has 0 aliphatic carbocycles. The van der Waals surface area contributed by atoms with Crippen molar-refractivity contribution in [3.8, 4) is 0 Å². The summed E-state index contributed by atoms with van der Waals surface area (Å²) in [6.45, 7) is 5.45. The van der Waals surface area contributed by atoms with E-state index in [1.165, 1.54) is 21.6 Å². The molecule has 1 aliphatic heterocycles. The maximum Gasteiger partial charge on any atom is 0.0701 e. The zero-order valence-electron chi connectivity index (χ0n) is 17.2. The van der Waals surface area contributed by atoms with Crippen LogP contribution in [0.3, 0.4) is 0 Å². The smallest absolute Gasteiger partial charge is 0.0701 e. The summed E-state index contributed by atoms with van der Waals surface area (Å²) in [6, 6.07) is 12.5. The first-order chi connectivity index (χ1) is 14.6. The molecule has 30 heavy (non-hydrogen) atoms. The number of hydrogen-bond acceptors (Lipinski definition) is 6. The van der Waals surface area contributed by atoms with E-state index in [1.807, 2.05) is 6.07 Å². The zero-order chi connectivity index (χ0) is 21.3. The van der Waals surface area contributed by atoms with E-state index in [0.29, 0.717) is 38.0 Å². The fourth-order valence-electron chi connectivity index (χ4n) is 3.58. The van der Waals surface area contributed by atoms with Crippen molar-refractivity contribution >= 4 is 35.1 Å². The third-order valence-corrected chi connectivity index (χ3v) is 6.32. The number of nitrogens with zero attached hydrogens (tertiary/aromatic N) is 1. The van der Waals surface area contributed by atoms with Gasteiger partial charge >= 0.3 is 0 Å². The predicted octanol–water partition coefficient (Wildman–Crippen LogP) is 4.16. The molecule has 1 unspecified atom stereocenters. The van der Waals surface area contributed by atoms with Crippen molar-refractivity contribution in [1.29, 1.82) is 0 Å². The van der Waals surface area contributed by atoms with Crippen LogP contribution in [0, 0.1) is 0 Å². The Bertz CT molecular complexity index is 825. The van der Waals surface area contributed by atoms with E-state index in [-0.39, 0.29) is 5.92 Å². The molecule has 1 aliphatic rings. The Morgan fingerprint density at radius 3 is 2.73 bits per heavy atom. The van der Waals surface area contributed by atoms with Crippen molar-refractivity contribution in [1.82, 2.24) is 9.62 Å². The lowest BCUT2D eigenvalue weighted by Crippen LogP contribution is -2.31. The van der Waals surface area contributed by atoms with E-state index in [1.54, 1.807) is 11.9 Å². The number of likely N-dealkylation sites (N-methyl/N-ethyl adjacent to an activating group) is 1. The first kappa shape index (κ1) is 23.8. The number of hydrogen-bond donors (Lipinski definition) is 2. The Kier molecular flexibility index (Phi) is 9.74. The van der Waals surface area contributed by atoms with Crippen molar-refractivity contribution in [3.05, 3.63) is 63.1 Å². The molecular formula is C22H29Cl2N3O2S. The Hall–Kier alpha value is -0.830. The van der Waals surface area contributed by atoms with Crippen molar-refractivity contribution < 1.29 is 9.47 Å². The van der Waals surface area contributed by atoms with Crippen LogP contribution in [-0.2, 0) is 16.0 Å². The van der Waals surface area contributed by atoms with Crippen molar-refractivity contribution in [3.63, 3.8) is 0 Å². The standard InChI is InChI=1S/C22H29Cl2N3O2S/c1-27-14-20(19-12-17(23)13-22(24)21(19)15-27)16-3-2-4-18(11-16)30-26-6-8-29-10-9-28-7-5-25/h2-4,11-13,20,26H,5-10,14-15,25H2,1H3. The second-order valence-corrected chi connectivity index (χ2v) is 9.09. The van der Waals surface area contributed by atoms with Gasteiger partial charge < -0.3 is 20.1 Å². The summed E-state index contributed by atoms with van der Waals surface area (Å²) in [5.41, 5.74) is 9.04. The second-order valence-electron chi connectivity index (χ2n) is 7.29. The molecule has 0 saturated heterocycles. The minimum atomic E-state index is 0.243. The Balaban J connectivity index is 1.56. The molecular weight excluding hydrogens is 441 g/mol. The second kappa shape index (κ2) is 12.3. The molecule has 8 heteroatoms. The lowest BCUT2D eigenvalue weighted by molar-refractivity contribution is 0.0532. The molecule has 164 valence electrons. The number of nitrogens with one attached hydrogen (secondary N) is 1. The van der Waals surface area contributed by atoms with Crippen molar-refractivity contribution in [2.75, 3.05) is 53.1 Å². The van der Waals surface area contributed by atoms with Crippen LogP contribution in [-0.4, -0.2) is 58.0 Å². The Morgan fingerprint density at radius 2 is 1.93 bits per heavy atom. The predicted molar refractivity (Wildman–Crippen MR) is 126 cm³/mol. The molecule has 0 saturated carbocycles. The number of fused-ring (bicyclic) bond motifs is 1. The van der Waals surface area contributed by atoms with E-state index < -0.39 is 0 Å². The fraction of sp³-hybridized carbons (Fsp3) is 0.455.